The van der Waals surface area contributed by atoms with Crippen LogP contribution in [0.5, 0.6) is 0 Å². The van der Waals surface area contributed by atoms with Crippen LogP contribution in [-0.2, 0) is 0 Å². The van der Waals surface area contributed by atoms with Gasteiger partial charge in [0.1, 0.15) is 11.6 Å². The molecule has 1 heterocycles. The van der Waals surface area contributed by atoms with E-state index in [1.54, 1.807) is 6.07 Å². The quantitative estimate of drug-likeness (QED) is 0.603. The Morgan fingerprint density at radius 1 is 1.24 bits per heavy atom. The summed E-state index contributed by atoms with van der Waals surface area (Å²) in [5, 5.41) is -0.120. The second-order valence-corrected chi connectivity index (χ2v) is 6.59. The van der Waals surface area contributed by atoms with E-state index in [-0.39, 0.29) is 16.4 Å². The minimum atomic E-state index is -0.447. The first-order valence-corrected chi connectivity index (χ1v) is 8.23. The number of halogens is 3. The van der Waals surface area contributed by atoms with Crippen LogP contribution in [0.3, 0.4) is 0 Å². The molecule has 2 atom stereocenters. The van der Waals surface area contributed by atoms with Crippen molar-refractivity contribution in [2.45, 2.75) is 52.0 Å². The SMILES string of the molecule is CCC(CC)C(C)n1c(C(C)Cl)nc2cc(F)c(Cl)cc21. The number of rotatable bonds is 5. The summed E-state index contributed by atoms with van der Waals surface area (Å²) in [5.41, 5.74) is 1.46. The fourth-order valence-corrected chi connectivity index (χ4v) is 3.31. The van der Waals surface area contributed by atoms with E-state index in [2.05, 4.69) is 30.3 Å². The van der Waals surface area contributed by atoms with Crippen LogP contribution in [0, 0.1) is 11.7 Å². The summed E-state index contributed by atoms with van der Waals surface area (Å²) in [5.74, 6) is 0.839. The zero-order chi connectivity index (χ0) is 15.7. The lowest BCUT2D eigenvalue weighted by Crippen LogP contribution is -2.18. The Balaban J connectivity index is 2.68. The first-order valence-electron chi connectivity index (χ1n) is 7.41. The number of hydrogen-bond donors (Lipinski definition) is 0. The maximum absolute atomic E-state index is 13.7. The number of benzene rings is 1. The van der Waals surface area contributed by atoms with Crippen molar-refractivity contribution >= 4 is 34.2 Å². The van der Waals surface area contributed by atoms with Gasteiger partial charge in [-0.3, -0.25) is 0 Å². The van der Waals surface area contributed by atoms with Crippen LogP contribution in [0.4, 0.5) is 4.39 Å². The molecule has 0 amide bonds. The molecule has 2 aromatic rings. The maximum atomic E-state index is 13.7. The number of fused-ring (bicyclic) bond motifs is 1. The van der Waals surface area contributed by atoms with Crippen molar-refractivity contribution in [3.05, 3.63) is 28.8 Å². The molecule has 0 fully saturated rings. The molecule has 0 saturated carbocycles. The lowest BCUT2D eigenvalue weighted by atomic mass is 9.95. The Bertz CT molecular complexity index is 633. The van der Waals surface area contributed by atoms with Crippen molar-refractivity contribution in [2.75, 3.05) is 0 Å². The van der Waals surface area contributed by atoms with Gasteiger partial charge in [0.05, 0.1) is 21.4 Å². The highest BCUT2D eigenvalue weighted by Gasteiger charge is 2.24. The minimum absolute atomic E-state index is 0.120. The molecule has 0 aliphatic carbocycles. The Morgan fingerprint density at radius 2 is 1.86 bits per heavy atom. The zero-order valence-electron chi connectivity index (χ0n) is 12.8. The predicted octanol–water partition coefficient (Wildman–Crippen LogP) is 6.13. The van der Waals surface area contributed by atoms with Gasteiger partial charge in [0.25, 0.3) is 0 Å². The Kier molecular flexibility index (Phi) is 5.15. The average molecular weight is 331 g/mol. The van der Waals surface area contributed by atoms with Gasteiger partial charge < -0.3 is 4.57 Å². The molecule has 2 unspecified atom stereocenters. The van der Waals surface area contributed by atoms with Crippen LogP contribution in [-0.4, -0.2) is 9.55 Å². The van der Waals surface area contributed by atoms with Gasteiger partial charge in [-0.15, -0.1) is 11.6 Å². The van der Waals surface area contributed by atoms with E-state index in [0.717, 1.165) is 24.2 Å². The third-order valence-corrected chi connectivity index (χ3v) is 4.74. The lowest BCUT2D eigenvalue weighted by Gasteiger charge is -2.26. The van der Waals surface area contributed by atoms with Gasteiger partial charge in [-0.2, -0.15) is 0 Å². The molecule has 2 nitrogen and oxygen atoms in total. The van der Waals surface area contributed by atoms with Crippen molar-refractivity contribution in [3.8, 4) is 0 Å². The first-order chi connectivity index (χ1) is 9.90. The standard InChI is InChI=1S/C16H21Cl2FN2/c1-5-11(6-2)10(4)21-15-7-12(18)13(19)8-14(15)20-16(21)9(3)17/h7-11H,5-6H2,1-4H3. The van der Waals surface area contributed by atoms with E-state index < -0.39 is 5.82 Å². The lowest BCUT2D eigenvalue weighted by molar-refractivity contribution is 0.332. The summed E-state index contributed by atoms with van der Waals surface area (Å²) < 4.78 is 15.8. The Morgan fingerprint density at radius 3 is 2.38 bits per heavy atom. The summed E-state index contributed by atoms with van der Waals surface area (Å²) in [6.45, 7) is 8.41. The minimum Gasteiger partial charge on any atom is -0.324 e. The molecule has 0 saturated heterocycles. The summed E-state index contributed by atoms with van der Waals surface area (Å²) in [4.78, 5) is 4.52. The van der Waals surface area contributed by atoms with Crippen LogP contribution >= 0.6 is 23.2 Å². The van der Waals surface area contributed by atoms with Crippen molar-refractivity contribution in [1.29, 1.82) is 0 Å². The summed E-state index contributed by atoms with van der Waals surface area (Å²) >= 11 is 12.2. The highest BCUT2D eigenvalue weighted by atomic mass is 35.5. The van der Waals surface area contributed by atoms with E-state index >= 15 is 0 Å². The summed E-state index contributed by atoms with van der Waals surface area (Å²) in [6.07, 6.45) is 2.14. The van der Waals surface area contributed by atoms with Gasteiger partial charge in [-0.1, -0.05) is 38.3 Å². The molecule has 0 spiro atoms. The molecular formula is C16H21Cl2FN2. The van der Waals surface area contributed by atoms with Gasteiger partial charge >= 0.3 is 0 Å². The first kappa shape index (κ1) is 16.6. The fraction of sp³-hybridized carbons (Fsp3) is 0.562. The molecule has 0 radical (unpaired) electrons. The van der Waals surface area contributed by atoms with Crippen LogP contribution in [0.2, 0.25) is 5.02 Å². The van der Waals surface area contributed by atoms with Crippen LogP contribution in [0.1, 0.15) is 57.8 Å². The van der Waals surface area contributed by atoms with Crippen LogP contribution < -0.4 is 0 Å². The highest BCUT2D eigenvalue weighted by Crippen LogP contribution is 2.34. The van der Waals surface area contributed by atoms with Crippen molar-refractivity contribution in [1.82, 2.24) is 9.55 Å². The maximum Gasteiger partial charge on any atom is 0.144 e. The third kappa shape index (κ3) is 3.04. The van der Waals surface area contributed by atoms with Gasteiger partial charge in [0, 0.05) is 12.1 Å². The van der Waals surface area contributed by atoms with Crippen LogP contribution in [0.25, 0.3) is 11.0 Å². The molecule has 2 rings (SSSR count). The number of alkyl halides is 1. The monoisotopic (exact) mass is 330 g/mol. The highest BCUT2D eigenvalue weighted by molar-refractivity contribution is 6.31. The largest absolute Gasteiger partial charge is 0.324 e. The van der Waals surface area contributed by atoms with E-state index in [1.807, 2.05) is 6.92 Å². The summed E-state index contributed by atoms with van der Waals surface area (Å²) in [6, 6.07) is 3.28. The molecule has 0 aliphatic rings. The van der Waals surface area contributed by atoms with E-state index in [9.17, 15) is 4.39 Å². The zero-order valence-corrected chi connectivity index (χ0v) is 14.3. The molecule has 1 aromatic heterocycles. The van der Waals surface area contributed by atoms with Crippen molar-refractivity contribution in [2.24, 2.45) is 5.92 Å². The number of nitrogens with zero attached hydrogens (tertiary/aromatic N) is 2. The second kappa shape index (κ2) is 6.53. The Labute approximate surface area is 135 Å². The Hall–Kier alpha value is -0.800. The van der Waals surface area contributed by atoms with Gasteiger partial charge in [-0.25, -0.2) is 9.37 Å². The van der Waals surface area contributed by atoms with Crippen LogP contribution in [0.15, 0.2) is 12.1 Å². The summed E-state index contributed by atoms with van der Waals surface area (Å²) in [7, 11) is 0. The number of imidazole rings is 1. The second-order valence-electron chi connectivity index (χ2n) is 5.53. The van der Waals surface area contributed by atoms with E-state index in [0.29, 0.717) is 11.4 Å². The fourth-order valence-electron chi connectivity index (χ4n) is 3.00. The molecular weight excluding hydrogens is 310 g/mol. The third-order valence-electron chi connectivity index (χ3n) is 4.25. The number of aromatic nitrogens is 2. The number of hydrogen-bond acceptors (Lipinski definition) is 1. The molecule has 5 heteroatoms. The molecule has 116 valence electrons. The molecule has 0 N–H and O–H groups in total. The van der Waals surface area contributed by atoms with Gasteiger partial charge in [0.2, 0.25) is 0 Å². The molecule has 0 aliphatic heterocycles. The van der Waals surface area contributed by atoms with Crippen molar-refractivity contribution in [3.63, 3.8) is 0 Å². The van der Waals surface area contributed by atoms with Crippen molar-refractivity contribution < 1.29 is 4.39 Å². The average Bonchev–Trinajstić information content (AvgIpc) is 2.79. The van der Waals surface area contributed by atoms with E-state index in [1.165, 1.54) is 6.07 Å². The molecule has 0 bridgehead atoms. The molecule has 1 aromatic carbocycles. The predicted molar refractivity (Wildman–Crippen MR) is 87.8 cm³/mol. The smallest absolute Gasteiger partial charge is 0.144 e. The van der Waals surface area contributed by atoms with Gasteiger partial charge in [0.15, 0.2) is 0 Å². The topological polar surface area (TPSA) is 17.8 Å². The van der Waals surface area contributed by atoms with Gasteiger partial charge in [-0.05, 0) is 25.8 Å². The molecule has 21 heavy (non-hydrogen) atoms. The van der Waals surface area contributed by atoms with E-state index in [4.69, 9.17) is 23.2 Å². The normalized spacial score (nSPS) is 14.9.